The fourth-order valence-electron chi connectivity index (χ4n) is 2.68. The van der Waals surface area contributed by atoms with Crippen molar-refractivity contribution in [3.63, 3.8) is 0 Å². The quantitative estimate of drug-likeness (QED) is 0.452. The van der Waals surface area contributed by atoms with Crippen molar-refractivity contribution in [2.24, 2.45) is 0 Å². The van der Waals surface area contributed by atoms with Crippen LogP contribution in [0.3, 0.4) is 0 Å². The van der Waals surface area contributed by atoms with Gasteiger partial charge in [-0.05, 0) is 39.9 Å². The lowest BCUT2D eigenvalue weighted by atomic mass is 10.1. The number of aliphatic hydroxyl groups is 2. The highest BCUT2D eigenvalue weighted by Gasteiger charge is 2.21. The molecule has 0 bridgehead atoms. The summed E-state index contributed by atoms with van der Waals surface area (Å²) in [6.07, 6.45) is 9.35. The second kappa shape index (κ2) is 14.9. The van der Waals surface area contributed by atoms with E-state index in [4.69, 9.17) is 0 Å². The highest BCUT2D eigenvalue weighted by atomic mass is 16.3. The summed E-state index contributed by atoms with van der Waals surface area (Å²) in [5, 5.41) is 18.8. The highest BCUT2D eigenvalue weighted by molar-refractivity contribution is 5.76. The zero-order valence-corrected chi connectivity index (χ0v) is 15.5. The van der Waals surface area contributed by atoms with Crippen LogP contribution in [0.5, 0.6) is 0 Å². The van der Waals surface area contributed by atoms with E-state index in [9.17, 15) is 15.0 Å². The van der Waals surface area contributed by atoms with Gasteiger partial charge < -0.3 is 20.0 Å². The van der Waals surface area contributed by atoms with E-state index in [2.05, 4.69) is 11.8 Å². The topological polar surface area (TPSA) is 64.0 Å². The molecule has 1 amide bonds. The molecule has 0 radical (unpaired) electrons. The molecule has 5 heteroatoms. The molecule has 2 N–H and O–H groups in total. The van der Waals surface area contributed by atoms with Crippen LogP contribution in [0.15, 0.2) is 0 Å². The first-order chi connectivity index (χ1) is 11.1. The van der Waals surface area contributed by atoms with E-state index in [0.29, 0.717) is 13.0 Å². The van der Waals surface area contributed by atoms with Gasteiger partial charge in [0.1, 0.15) is 0 Å². The van der Waals surface area contributed by atoms with Crippen LogP contribution >= 0.6 is 0 Å². The molecule has 0 atom stereocenters. The molecule has 0 aliphatic heterocycles. The molecule has 23 heavy (non-hydrogen) atoms. The smallest absolute Gasteiger partial charge is 0.222 e. The number of aliphatic hydroxyl groups excluding tert-OH is 2. The minimum Gasteiger partial charge on any atom is -0.394 e. The Balaban J connectivity index is 4.18. The van der Waals surface area contributed by atoms with Gasteiger partial charge in [-0.2, -0.15) is 0 Å². The Kier molecular flexibility index (Phi) is 14.5. The molecule has 0 fully saturated rings. The molecule has 0 spiro atoms. The van der Waals surface area contributed by atoms with Gasteiger partial charge in [0.25, 0.3) is 0 Å². The van der Waals surface area contributed by atoms with Gasteiger partial charge in [-0.25, -0.2) is 0 Å². The summed E-state index contributed by atoms with van der Waals surface area (Å²) in [6, 6.07) is -0.457. The molecular formula is C18H38N2O3. The first-order valence-electron chi connectivity index (χ1n) is 9.22. The van der Waals surface area contributed by atoms with E-state index >= 15 is 0 Å². The lowest BCUT2D eigenvalue weighted by molar-refractivity contribution is -0.135. The van der Waals surface area contributed by atoms with Gasteiger partial charge in [-0.3, -0.25) is 4.79 Å². The van der Waals surface area contributed by atoms with Crippen molar-refractivity contribution in [2.45, 2.75) is 70.8 Å². The minimum atomic E-state index is -0.457. The van der Waals surface area contributed by atoms with Gasteiger partial charge in [0.2, 0.25) is 5.91 Å². The molecular weight excluding hydrogens is 292 g/mol. The lowest BCUT2D eigenvalue weighted by Crippen LogP contribution is -2.45. The first-order valence-corrected chi connectivity index (χ1v) is 9.22. The molecule has 0 unspecified atom stereocenters. The Hall–Kier alpha value is -0.650. The highest BCUT2D eigenvalue weighted by Crippen LogP contribution is 2.11. The summed E-state index contributed by atoms with van der Waals surface area (Å²) < 4.78 is 0. The van der Waals surface area contributed by atoms with Crippen molar-refractivity contribution in [3.8, 4) is 0 Å². The number of amides is 1. The average Bonchev–Trinajstić information content (AvgIpc) is 2.53. The molecule has 0 saturated heterocycles. The number of hydrogen-bond acceptors (Lipinski definition) is 4. The largest absolute Gasteiger partial charge is 0.394 e. The minimum absolute atomic E-state index is 0.0680. The third-order valence-electron chi connectivity index (χ3n) is 4.18. The van der Waals surface area contributed by atoms with Gasteiger partial charge >= 0.3 is 0 Å². The summed E-state index contributed by atoms with van der Waals surface area (Å²) in [5.74, 6) is 0.0680. The summed E-state index contributed by atoms with van der Waals surface area (Å²) in [6.45, 7) is 3.46. The van der Waals surface area contributed by atoms with Crippen LogP contribution in [-0.4, -0.2) is 72.4 Å². The van der Waals surface area contributed by atoms with E-state index in [0.717, 1.165) is 32.2 Å². The maximum absolute atomic E-state index is 12.4. The fourth-order valence-corrected chi connectivity index (χ4v) is 2.68. The Morgan fingerprint density at radius 3 is 2.00 bits per heavy atom. The Bertz CT molecular complexity index is 281. The third-order valence-corrected chi connectivity index (χ3v) is 4.18. The van der Waals surface area contributed by atoms with Crippen molar-refractivity contribution in [1.29, 1.82) is 0 Å². The van der Waals surface area contributed by atoms with Crippen LogP contribution in [0, 0.1) is 0 Å². The molecule has 0 aromatic heterocycles. The van der Waals surface area contributed by atoms with Crippen molar-refractivity contribution in [1.82, 2.24) is 9.80 Å². The number of carbonyl (C=O) groups excluding carboxylic acids is 1. The van der Waals surface area contributed by atoms with E-state index in [1.807, 2.05) is 14.1 Å². The van der Waals surface area contributed by atoms with Crippen molar-refractivity contribution < 1.29 is 15.0 Å². The number of carbonyl (C=O) groups is 1. The SMILES string of the molecule is CCCCCCCCC(=O)N(CCCCN(C)C)C(CO)CO. The number of unbranched alkanes of at least 4 members (excludes halogenated alkanes) is 6. The molecule has 5 nitrogen and oxygen atoms in total. The monoisotopic (exact) mass is 330 g/mol. The van der Waals surface area contributed by atoms with E-state index in [1.54, 1.807) is 4.90 Å². The molecule has 0 aliphatic rings. The van der Waals surface area contributed by atoms with Crippen LogP contribution in [0.25, 0.3) is 0 Å². The van der Waals surface area contributed by atoms with Crippen LogP contribution < -0.4 is 0 Å². The third kappa shape index (κ3) is 11.5. The van der Waals surface area contributed by atoms with Crippen LogP contribution in [0.4, 0.5) is 0 Å². The standard InChI is InChI=1S/C18H38N2O3/c1-4-5-6-7-8-9-12-18(23)20(17(15-21)16-22)14-11-10-13-19(2)3/h17,21-22H,4-16H2,1-3H3. The normalized spacial score (nSPS) is 11.4. The van der Waals surface area contributed by atoms with Gasteiger partial charge in [-0.15, -0.1) is 0 Å². The average molecular weight is 331 g/mol. The zero-order valence-electron chi connectivity index (χ0n) is 15.5. The second-order valence-corrected chi connectivity index (χ2v) is 6.63. The molecule has 0 aromatic carbocycles. The van der Waals surface area contributed by atoms with Crippen LogP contribution in [-0.2, 0) is 4.79 Å². The second-order valence-electron chi connectivity index (χ2n) is 6.63. The maximum Gasteiger partial charge on any atom is 0.222 e. The van der Waals surface area contributed by atoms with Gasteiger partial charge in [0, 0.05) is 13.0 Å². The van der Waals surface area contributed by atoms with Gasteiger partial charge in [0.15, 0.2) is 0 Å². The fraction of sp³-hybridized carbons (Fsp3) is 0.944. The van der Waals surface area contributed by atoms with Gasteiger partial charge in [0.05, 0.1) is 19.3 Å². The molecule has 0 saturated carbocycles. The molecule has 138 valence electrons. The first kappa shape index (κ1) is 22.4. The van der Waals surface area contributed by atoms with Crippen molar-refractivity contribution in [3.05, 3.63) is 0 Å². The number of hydrogen-bond donors (Lipinski definition) is 2. The number of nitrogens with zero attached hydrogens (tertiary/aromatic N) is 2. The predicted molar refractivity (Wildman–Crippen MR) is 95.5 cm³/mol. The van der Waals surface area contributed by atoms with Crippen molar-refractivity contribution >= 4 is 5.91 Å². The summed E-state index contributed by atoms with van der Waals surface area (Å²) >= 11 is 0. The van der Waals surface area contributed by atoms with E-state index in [-0.39, 0.29) is 19.1 Å². The predicted octanol–water partition coefficient (Wildman–Crippen LogP) is 2.26. The van der Waals surface area contributed by atoms with Crippen LogP contribution in [0.1, 0.15) is 64.7 Å². The zero-order chi connectivity index (χ0) is 17.5. The molecule has 0 aliphatic carbocycles. The molecule has 0 heterocycles. The summed E-state index contributed by atoms with van der Waals surface area (Å²) in [5.41, 5.74) is 0. The lowest BCUT2D eigenvalue weighted by Gasteiger charge is -2.29. The Morgan fingerprint density at radius 2 is 1.43 bits per heavy atom. The number of rotatable bonds is 15. The maximum atomic E-state index is 12.4. The summed E-state index contributed by atoms with van der Waals surface area (Å²) in [4.78, 5) is 16.2. The Morgan fingerprint density at radius 1 is 0.870 bits per heavy atom. The molecule has 0 rings (SSSR count). The van der Waals surface area contributed by atoms with E-state index in [1.165, 1.54) is 25.7 Å². The molecule has 0 aromatic rings. The van der Waals surface area contributed by atoms with Crippen molar-refractivity contribution in [2.75, 3.05) is 40.4 Å². The Labute approximate surface area is 142 Å². The van der Waals surface area contributed by atoms with Crippen LogP contribution in [0.2, 0.25) is 0 Å². The van der Waals surface area contributed by atoms with E-state index < -0.39 is 6.04 Å². The van der Waals surface area contributed by atoms with Gasteiger partial charge in [-0.1, -0.05) is 39.0 Å². The summed E-state index contributed by atoms with van der Waals surface area (Å²) in [7, 11) is 4.07.